The molecular formula is C22H26N2O4S. The molecule has 0 spiro atoms. The highest BCUT2D eigenvalue weighted by Crippen LogP contribution is 2.37. The zero-order chi connectivity index (χ0) is 20.8. The van der Waals surface area contributed by atoms with Crippen molar-refractivity contribution in [2.45, 2.75) is 30.6 Å². The number of piperazine rings is 1. The van der Waals surface area contributed by atoms with Gasteiger partial charge in [0, 0.05) is 42.9 Å². The highest BCUT2D eigenvalue weighted by Gasteiger charge is 2.24. The van der Waals surface area contributed by atoms with Crippen LogP contribution in [0.25, 0.3) is 0 Å². The fourth-order valence-electron chi connectivity index (χ4n) is 3.22. The number of carbonyl (C=O) groups is 2. The lowest BCUT2D eigenvalue weighted by Crippen LogP contribution is -2.49. The Morgan fingerprint density at radius 3 is 2.38 bits per heavy atom. The van der Waals surface area contributed by atoms with E-state index in [1.165, 1.54) is 33.5 Å². The van der Waals surface area contributed by atoms with Gasteiger partial charge in [-0.15, -0.1) is 0 Å². The van der Waals surface area contributed by atoms with Crippen molar-refractivity contribution < 1.29 is 19.1 Å². The molecule has 154 valence electrons. The summed E-state index contributed by atoms with van der Waals surface area (Å²) < 4.78 is 9.64. The molecule has 0 radical (unpaired) electrons. The normalized spacial score (nSPS) is 13.9. The Balaban J connectivity index is 1.62. The first kappa shape index (κ1) is 21.0. The molecule has 0 saturated carbocycles. The maximum absolute atomic E-state index is 12.1. The molecule has 3 rings (SSSR count). The molecule has 0 unspecified atom stereocenters. The quantitative estimate of drug-likeness (QED) is 0.539. The number of nitrogens with zero attached hydrogens (tertiary/aromatic N) is 2. The fourth-order valence-corrected chi connectivity index (χ4v) is 4.26. The molecule has 29 heavy (non-hydrogen) atoms. The second kappa shape index (κ2) is 9.69. The van der Waals surface area contributed by atoms with Gasteiger partial charge in [-0.3, -0.25) is 4.79 Å². The van der Waals surface area contributed by atoms with Crippen LogP contribution < -0.4 is 4.90 Å². The zero-order valence-electron chi connectivity index (χ0n) is 17.0. The number of hydrogen-bond acceptors (Lipinski definition) is 6. The van der Waals surface area contributed by atoms with Gasteiger partial charge in [0.2, 0.25) is 6.79 Å². The van der Waals surface area contributed by atoms with Crippen LogP contribution in [0.15, 0.2) is 52.3 Å². The maximum Gasteiger partial charge on any atom is 0.412 e. The Morgan fingerprint density at radius 2 is 1.69 bits per heavy atom. The number of hydrogen-bond donors (Lipinski definition) is 0. The zero-order valence-corrected chi connectivity index (χ0v) is 17.8. The lowest BCUT2D eigenvalue weighted by Gasteiger charge is -2.36. The third kappa shape index (κ3) is 5.67. The average Bonchev–Trinajstić information content (AvgIpc) is 2.70. The summed E-state index contributed by atoms with van der Waals surface area (Å²) in [5, 5.41) is 0. The van der Waals surface area contributed by atoms with Crippen molar-refractivity contribution in [2.75, 3.05) is 37.9 Å². The van der Waals surface area contributed by atoms with Gasteiger partial charge in [-0.2, -0.15) is 0 Å². The Labute approximate surface area is 175 Å². The van der Waals surface area contributed by atoms with E-state index in [-0.39, 0.29) is 6.79 Å². The van der Waals surface area contributed by atoms with Crippen LogP contribution in [0, 0.1) is 13.8 Å². The predicted octanol–water partition coefficient (Wildman–Crippen LogP) is 4.23. The molecule has 1 aliphatic rings. The van der Waals surface area contributed by atoms with Gasteiger partial charge >= 0.3 is 12.1 Å². The first-order valence-electron chi connectivity index (χ1n) is 9.58. The molecular weight excluding hydrogens is 388 g/mol. The largest absolute Gasteiger partial charge is 0.428 e. The monoisotopic (exact) mass is 414 g/mol. The number of benzene rings is 2. The number of rotatable bonds is 5. The van der Waals surface area contributed by atoms with Gasteiger partial charge in [-0.25, -0.2) is 4.79 Å². The molecule has 1 amide bonds. The van der Waals surface area contributed by atoms with Crippen molar-refractivity contribution in [1.29, 1.82) is 0 Å². The number of amides is 1. The summed E-state index contributed by atoms with van der Waals surface area (Å²) in [5.41, 5.74) is 3.70. The molecule has 2 aromatic rings. The minimum absolute atomic E-state index is 0.343. The van der Waals surface area contributed by atoms with Crippen LogP contribution in [-0.2, 0) is 14.3 Å². The summed E-state index contributed by atoms with van der Waals surface area (Å²) in [7, 11) is 0. The molecule has 1 heterocycles. The third-order valence-corrected chi connectivity index (χ3v) is 5.98. The van der Waals surface area contributed by atoms with Crippen LogP contribution in [0.3, 0.4) is 0 Å². The number of aryl methyl sites for hydroxylation is 2. The molecule has 7 heteroatoms. The van der Waals surface area contributed by atoms with Gasteiger partial charge in [0.15, 0.2) is 0 Å². The molecule has 6 nitrogen and oxygen atoms in total. The van der Waals surface area contributed by atoms with Crippen molar-refractivity contribution in [1.82, 2.24) is 4.90 Å². The minimum atomic E-state index is -0.472. The summed E-state index contributed by atoms with van der Waals surface area (Å²) in [6, 6.07) is 14.9. The Morgan fingerprint density at radius 1 is 0.966 bits per heavy atom. The molecule has 0 aliphatic carbocycles. The number of para-hydroxylation sites is 1. The van der Waals surface area contributed by atoms with Crippen molar-refractivity contribution in [3.05, 3.63) is 53.6 Å². The van der Waals surface area contributed by atoms with Gasteiger partial charge in [0.25, 0.3) is 0 Å². The van der Waals surface area contributed by atoms with Gasteiger partial charge in [0.1, 0.15) is 0 Å². The van der Waals surface area contributed by atoms with Crippen LogP contribution in [0.1, 0.15) is 18.1 Å². The predicted molar refractivity (Wildman–Crippen MR) is 113 cm³/mol. The molecule has 1 saturated heterocycles. The molecule has 1 fully saturated rings. The van der Waals surface area contributed by atoms with E-state index in [0.717, 1.165) is 0 Å². The van der Waals surface area contributed by atoms with Gasteiger partial charge < -0.3 is 19.3 Å². The number of ether oxygens (including phenoxy) is 2. The van der Waals surface area contributed by atoms with E-state index in [9.17, 15) is 9.59 Å². The van der Waals surface area contributed by atoms with Crippen molar-refractivity contribution in [3.8, 4) is 0 Å². The molecule has 0 atom stereocenters. The van der Waals surface area contributed by atoms with Crippen molar-refractivity contribution in [2.24, 2.45) is 0 Å². The van der Waals surface area contributed by atoms with Crippen LogP contribution in [0.5, 0.6) is 0 Å². The SMILES string of the molecule is CC(=O)OCOC(=O)N1CCN(c2ccccc2Sc2ccc(C)cc2C)CC1. The summed E-state index contributed by atoms with van der Waals surface area (Å²) in [6.07, 6.45) is -0.455. The van der Waals surface area contributed by atoms with E-state index in [2.05, 4.69) is 59.9 Å². The van der Waals surface area contributed by atoms with E-state index < -0.39 is 12.1 Å². The second-order valence-corrected chi connectivity index (χ2v) is 8.06. The van der Waals surface area contributed by atoms with Crippen LogP contribution in [0.2, 0.25) is 0 Å². The van der Waals surface area contributed by atoms with Crippen LogP contribution in [0.4, 0.5) is 10.5 Å². The smallest absolute Gasteiger partial charge is 0.412 e. The molecule has 1 aliphatic heterocycles. The number of carbonyl (C=O) groups excluding carboxylic acids is 2. The summed E-state index contributed by atoms with van der Waals surface area (Å²) in [5.74, 6) is -0.472. The van der Waals surface area contributed by atoms with Crippen LogP contribution >= 0.6 is 11.8 Å². The average molecular weight is 415 g/mol. The van der Waals surface area contributed by atoms with E-state index in [1.807, 2.05) is 6.07 Å². The highest BCUT2D eigenvalue weighted by molar-refractivity contribution is 7.99. The lowest BCUT2D eigenvalue weighted by atomic mass is 10.2. The third-order valence-electron chi connectivity index (χ3n) is 4.74. The van der Waals surface area contributed by atoms with E-state index >= 15 is 0 Å². The van der Waals surface area contributed by atoms with Gasteiger partial charge in [-0.1, -0.05) is 41.6 Å². The van der Waals surface area contributed by atoms with E-state index in [0.29, 0.717) is 26.2 Å². The molecule has 0 aromatic heterocycles. The Kier molecular flexibility index (Phi) is 7.04. The van der Waals surface area contributed by atoms with Gasteiger partial charge in [-0.05, 0) is 37.6 Å². The molecule has 0 bridgehead atoms. The minimum Gasteiger partial charge on any atom is -0.428 e. The van der Waals surface area contributed by atoms with Crippen molar-refractivity contribution in [3.63, 3.8) is 0 Å². The lowest BCUT2D eigenvalue weighted by molar-refractivity contribution is -0.149. The fraction of sp³-hybridized carbons (Fsp3) is 0.364. The molecule has 2 aromatic carbocycles. The number of anilines is 1. The van der Waals surface area contributed by atoms with Gasteiger partial charge in [0.05, 0.1) is 5.69 Å². The van der Waals surface area contributed by atoms with Crippen molar-refractivity contribution >= 4 is 29.5 Å². The highest BCUT2D eigenvalue weighted by atomic mass is 32.2. The summed E-state index contributed by atoms with van der Waals surface area (Å²) in [6.45, 7) is 7.72. The van der Waals surface area contributed by atoms with Crippen LogP contribution in [-0.4, -0.2) is 49.9 Å². The first-order chi connectivity index (χ1) is 13.9. The summed E-state index contributed by atoms with van der Waals surface area (Å²) >= 11 is 1.77. The first-order valence-corrected chi connectivity index (χ1v) is 10.4. The topological polar surface area (TPSA) is 59.1 Å². The summed E-state index contributed by atoms with van der Waals surface area (Å²) in [4.78, 5) is 29.2. The Bertz CT molecular complexity index is 879. The van der Waals surface area contributed by atoms with E-state index in [1.54, 1.807) is 16.7 Å². The standard InChI is InChI=1S/C22H26N2O4S/c1-16-8-9-20(17(2)14-16)29-21-7-5-4-6-19(21)23-10-12-24(13-11-23)22(26)28-15-27-18(3)25/h4-9,14H,10-13,15H2,1-3H3. The maximum atomic E-state index is 12.1. The second-order valence-electron chi connectivity index (χ2n) is 6.98. The number of esters is 1. The van der Waals surface area contributed by atoms with E-state index in [4.69, 9.17) is 4.74 Å². The Hall–Kier alpha value is -2.67. The molecule has 0 N–H and O–H groups in total.